The van der Waals surface area contributed by atoms with Gasteiger partial charge in [-0.2, -0.15) is 0 Å². The lowest BCUT2D eigenvalue weighted by Gasteiger charge is -2.15. The molecule has 2 nitrogen and oxygen atoms in total. The average molecular weight is 370 g/mol. The first-order chi connectivity index (χ1) is 11.8. The van der Waals surface area contributed by atoms with Crippen molar-refractivity contribution < 1.29 is 17.9 Å². The number of nitrogens with zero attached hydrogens (tertiary/aromatic N) is 1. The predicted molar refractivity (Wildman–Crippen MR) is 91.5 cm³/mol. The van der Waals surface area contributed by atoms with Crippen LogP contribution in [-0.4, -0.2) is 11.3 Å². The Hall–Kier alpha value is -1.72. The number of hydrogen-bond acceptors (Lipinski definition) is 2. The lowest BCUT2D eigenvalue weighted by Crippen LogP contribution is -2.17. The van der Waals surface area contributed by atoms with Gasteiger partial charge < -0.3 is 4.74 Å². The summed E-state index contributed by atoms with van der Waals surface area (Å²) in [5.74, 6) is -0.201. The zero-order valence-electron chi connectivity index (χ0n) is 13.9. The second-order valence-corrected chi connectivity index (χ2v) is 6.71. The Balaban J connectivity index is 1.66. The number of hydrogen-bond donors (Lipinski definition) is 0. The first-order valence-electron chi connectivity index (χ1n) is 8.21. The molecular weight excluding hydrogens is 351 g/mol. The maximum atomic E-state index is 12.2. The highest BCUT2D eigenvalue weighted by molar-refractivity contribution is 6.31. The lowest BCUT2D eigenvalue weighted by molar-refractivity contribution is -0.274. The van der Waals surface area contributed by atoms with Crippen LogP contribution in [0.1, 0.15) is 35.6 Å². The number of alkyl halides is 3. The van der Waals surface area contributed by atoms with Gasteiger partial charge in [0.2, 0.25) is 0 Å². The smallest absolute Gasteiger partial charge is 0.406 e. The largest absolute Gasteiger partial charge is 0.573 e. The zero-order chi connectivity index (χ0) is 18.0. The molecule has 1 aliphatic heterocycles. The van der Waals surface area contributed by atoms with Crippen molar-refractivity contribution in [3.05, 3.63) is 63.7 Å². The molecule has 0 radical (unpaired) electrons. The Morgan fingerprint density at radius 1 is 1.08 bits per heavy atom. The van der Waals surface area contributed by atoms with Crippen LogP contribution in [0.4, 0.5) is 13.2 Å². The highest BCUT2D eigenvalue weighted by Crippen LogP contribution is 2.32. The van der Waals surface area contributed by atoms with Crippen molar-refractivity contribution in [2.24, 2.45) is 0 Å². The quantitative estimate of drug-likeness (QED) is 0.669. The minimum absolute atomic E-state index is 0.201. The minimum Gasteiger partial charge on any atom is -0.406 e. The lowest BCUT2D eigenvalue weighted by atomic mass is 10.0. The fourth-order valence-electron chi connectivity index (χ4n) is 3.19. The van der Waals surface area contributed by atoms with Crippen molar-refractivity contribution in [2.45, 2.75) is 45.8 Å². The molecule has 0 aromatic heterocycles. The maximum absolute atomic E-state index is 12.2. The second kappa shape index (κ2) is 7.26. The van der Waals surface area contributed by atoms with E-state index in [1.165, 1.54) is 23.3 Å². The van der Waals surface area contributed by atoms with Gasteiger partial charge in [0, 0.05) is 24.7 Å². The van der Waals surface area contributed by atoms with Gasteiger partial charge in [0.15, 0.2) is 0 Å². The SMILES string of the molecule is CCCc1cc(Cl)c2c(c1)CN(Cc1ccc(OC(F)(F)F)cc1)C2. The third-order valence-electron chi connectivity index (χ3n) is 4.23. The fraction of sp³-hybridized carbons (Fsp3) is 0.368. The summed E-state index contributed by atoms with van der Waals surface area (Å²) in [6, 6.07) is 10.3. The van der Waals surface area contributed by atoms with Gasteiger partial charge in [-0.25, -0.2) is 0 Å². The van der Waals surface area contributed by atoms with E-state index in [4.69, 9.17) is 11.6 Å². The van der Waals surface area contributed by atoms with Crippen LogP contribution in [0.15, 0.2) is 36.4 Å². The van der Waals surface area contributed by atoms with Gasteiger partial charge in [0.25, 0.3) is 0 Å². The van der Waals surface area contributed by atoms with Crippen LogP contribution in [-0.2, 0) is 26.1 Å². The summed E-state index contributed by atoms with van der Waals surface area (Å²) in [7, 11) is 0. The summed E-state index contributed by atoms with van der Waals surface area (Å²) >= 11 is 6.41. The van der Waals surface area contributed by atoms with Crippen molar-refractivity contribution >= 4 is 11.6 Å². The summed E-state index contributed by atoms with van der Waals surface area (Å²) in [5, 5.41) is 0.803. The van der Waals surface area contributed by atoms with E-state index in [0.29, 0.717) is 6.54 Å². The average Bonchev–Trinajstić information content (AvgIpc) is 2.91. The predicted octanol–water partition coefficient (Wildman–Crippen LogP) is 5.71. The Bertz CT molecular complexity index is 744. The molecule has 0 amide bonds. The first-order valence-corrected chi connectivity index (χ1v) is 8.59. The van der Waals surface area contributed by atoms with Gasteiger partial charge in [-0.05, 0) is 46.9 Å². The Morgan fingerprint density at radius 2 is 1.80 bits per heavy atom. The van der Waals surface area contributed by atoms with E-state index in [2.05, 4.69) is 22.6 Å². The number of ether oxygens (including phenoxy) is 1. The van der Waals surface area contributed by atoms with Crippen LogP contribution in [0, 0.1) is 0 Å². The van der Waals surface area contributed by atoms with Crippen LogP contribution in [0.3, 0.4) is 0 Å². The third kappa shape index (κ3) is 4.67. The maximum Gasteiger partial charge on any atom is 0.573 e. The summed E-state index contributed by atoms with van der Waals surface area (Å²) in [4.78, 5) is 2.23. The number of rotatable bonds is 5. The zero-order valence-corrected chi connectivity index (χ0v) is 14.6. The van der Waals surface area contributed by atoms with Gasteiger partial charge in [0.05, 0.1) is 0 Å². The summed E-state index contributed by atoms with van der Waals surface area (Å²) in [5.41, 5.74) is 4.58. The Kier molecular flexibility index (Phi) is 5.25. The highest BCUT2D eigenvalue weighted by atomic mass is 35.5. The molecule has 0 bridgehead atoms. The Morgan fingerprint density at radius 3 is 2.44 bits per heavy atom. The molecule has 0 atom stereocenters. The van der Waals surface area contributed by atoms with Gasteiger partial charge in [-0.15, -0.1) is 13.2 Å². The van der Waals surface area contributed by atoms with E-state index in [9.17, 15) is 13.2 Å². The molecule has 1 aliphatic rings. The molecule has 0 fully saturated rings. The second-order valence-electron chi connectivity index (χ2n) is 6.30. The van der Waals surface area contributed by atoms with Gasteiger partial charge in [0.1, 0.15) is 5.75 Å². The molecular formula is C19H19ClF3NO. The van der Waals surface area contributed by atoms with Crippen molar-refractivity contribution in [1.29, 1.82) is 0 Å². The fourth-order valence-corrected chi connectivity index (χ4v) is 3.52. The van der Waals surface area contributed by atoms with E-state index >= 15 is 0 Å². The van der Waals surface area contributed by atoms with Crippen molar-refractivity contribution in [1.82, 2.24) is 4.90 Å². The van der Waals surface area contributed by atoms with Crippen molar-refractivity contribution in [2.75, 3.05) is 0 Å². The van der Waals surface area contributed by atoms with Crippen LogP contribution < -0.4 is 4.74 Å². The van der Waals surface area contributed by atoms with Crippen LogP contribution >= 0.6 is 11.6 Å². The summed E-state index contributed by atoms with van der Waals surface area (Å²) in [6.07, 6.45) is -2.58. The van der Waals surface area contributed by atoms with E-state index in [-0.39, 0.29) is 5.75 Å². The standard InChI is InChI=1S/C19H19ClF3NO/c1-2-3-14-8-15-11-24(12-17(15)18(20)9-14)10-13-4-6-16(7-5-13)25-19(21,22)23/h4-9H,2-3,10-12H2,1H3. The van der Waals surface area contributed by atoms with Crippen LogP contribution in [0.25, 0.3) is 0 Å². The molecule has 2 aromatic carbocycles. The molecule has 1 heterocycles. The summed E-state index contributed by atoms with van der Waals surface area (Å²) in [6.45, 7) is 4.34. The van der Waals surface area contributed by atoms with Gasteiger partial charge in [-0.3, -0.25) is 4.90 Å². The van der Waals surface area contributed by atoms with Crippen LogP contribution in [0.2, 0.25) is 5.02 Å². The van der Waals surface area contributed by atoms with E-state index < -0.39 is 6.36 Å². The van der Waals surface area contributed by atoms with E-state index in [0.717, 1.165) is 42.1 Å². The topological polar surface area (TPSA) is 12.5 Å². The molecule has 2 aromatic rings. The minimum atomic E-state index is -4.66. The molecule has 0 saturated heterocycles. The normalized spacial score (nSPS) is 14.6. The van der Waals surface area contributed by atoms with Gasteiger partial charge >= 0.3 is 6.36 Å². The first kappa shape index (κ1) is 18.1. The molecule has 134 valence electrons. The molecule has 3 rings (SSSR count). The number of aryl methyl sites for hydroxylation is 1. The molecule has 0 aliphatic carbocycles. The monoisotopic (exact) mass is 369 g/mol. The van der Waals surface area contributed by atoms with Crippen LogP contribution in [0.5, 0.6) is 5.75 Å². The number of benzene rings is 2. The van der Waals surface area contributed by atoms with Crippen molar-refractivity contribution in [3.63, 3.8) is 0 Å². The van der Waals surface area contributed by atoms with Crippen molar-refractivity contribution in [3.8, 4) is 5.75 Å². The third-order valence-corrected chi connectivity index (χ3v) is 4.56. The molecule has 6 heteroatoms. The van der Waals surface area contributed by atoms with E-state index in [1.54, 1.807) is 12.1 Å². The molecule has 0 N–H and O–H groups in total. The summed E-state index contributed by atoms with van der Waals surface area (Å²) < 4.78 is 40.5. The van der Waals surface area contributed by atoms with E-state index in [1.807, 2.05) is 6.07 Å². The molecule has 0 unspecified atom stereocenters. The number of halogens is 4. The molecule has 0 spiro atoms. The molecule has 0 saturated carbocycles. The highest BCUT2D eigenvalue weighted by Gasteiger charge is 2.31. The Labute approximate surface area is 150 Å². The number of fused-ring (bicyclic) bond motifs is 1. The molecule has 25 heavy (non-hydrogen) atoms. The van der Waals surface area contributed by atoms with Gasteiger partial charge in [-0.1, -0.05) is 43.1 Å².